The van der Waals surface area contributed by atoms with Crippen LogP contribution in [0.25, 0.3) is 22.2 Å². The first-order chi connectivity index (χ1) is 23.1. The Morgan fingerprint density at radius 3 is 2.48 bits per heavy atom. The second-order valence-electron chi connectivity index (χ2n) is 12.1. The van der Waals surface area contributed by atoms with Crippen molar-refractivity contribution in [2.45, 2.75) is 58.0 Å². The zero-order chi connectivity index (χ0) is 34.5. The molecule has 1 heterocycles. The van der Waals surface area contributed by atoms with Crippen LogP contribution in [0.2, 0.25) is 0 Å². The second kappa shape index (κ2) is 15.0. The summed E-state index contributed by atoms with van der Waals surface area (Å²) in [5.41, 5.74) is 5.28. The molecule has 48 heavy (non-hydrogen) atoms. The normalized spacial score (nSPS) is 14.4. The van der Waals surface area contributed by atoms with Gasteiger partial charge < -0.3 is 35.1 Å². The van der Waals surface area contributed by atoms with E-state index < -0.39 is 12.1 Å². The number of aromatic amines is 1. The zero-order valence-electron chi connectivity index (χ0n) is 28.4. The third kappa shape index (κ3) is 7.23. The Hall–Kier alpha value is -4.71. The number of nitrogens with zero attached hydrogens (tertiary/aromatic N) is 1. The Morgan fingerprint density at radius 1 is 1.04 bits per heavy atom. The maximum absolute atomic E-state index is 13.9. The van der Waals surface area contributed by atoms with Gasteiger partial charge in [0.2, 0.25) is 23.0 Å². The molecule has 1 aliphatic carbocycles. The van der Waals surface area contributed by atoms with Crippen LogP contribution in [0.1, 0.15) is 62.5 Å². The van der Waals surface area contributed by atoms with E-state index in [0.29, 0.717) is 59.1 Å². The molecule has 0 saturated heterocycles. The lowest BCUT2D eigenvalue weighted by Gasteiger charge is -2.19. The highest BCUT2D eigenvalue weighted by Crippen LogP contribution is 2.50. The fraction of sp³-hybridized carbons (Fsp3) is 0.389. The van der Waals surface area contributed by atoms with Crippen molar-refractivity contribution in [2.75, 3.05) is 44.0 Å². The molecule has 2 atom stereocenters. The fourth-order valence-electron chi connectivity index (χ4n) is 6.13. The molecule has 0 radical (unpaired) electrons. The Labute approximate surface area is 284 Å². The number of methoxy groups -OCH3 is 3. The Bertz CT molecular complexity index is 1890. The van der Waals surface area contributed by atoms with Crippen molar-refractivity contribution >= 4 is 46.0 Å². The first-order valence-electron chi connectivity index (χ1n) is 15.9. The molecule has 3 aromatic carbocycles. The van der Waals surface area contributed by atoms with E-state index >= 15 is 0 Å². The van der Waals surface area contributed by atoms with E-state index in [1.807, 2.05) is 36.6 Å². The predicted molar refractivity (Wildman–Crippen MR) is 192 cm³/mol. The number of aryl methyl sites for hydroxylation is 1. The van der Waals surface area contributed by atoms with Gasteiger partial charge in [-0.25, -0.2) is 4.98 Å². The summed E-state index contributed by atoms with van der Waals surface area (Å²) < 4.78 is 17.2. The highest BCUT2D eigenvalue weighted by Gasteiger charge is 2.30. The first-order valence-corrected chi connectivity index (χ1v) is 17.3. The molecule has 11 nitrogen and oxygen atoms in total. The number of nitrogens with one attached hydrogen (secondary N) is 4. The number of benzene rings is 2. The van der Waals surface area contributed by atoms with Gasteiger partial charge >= 0.3 is 0 Å². The lowest BCUT2D eigenvalue weighted by molar-refractivity contribution is -0.120. The number of H-pyrrole nitrogens is 1. The summed E-state index contributed by atoms with van der Waals surface area (Å²) in [6.07, 6.45) is 3.59. The van der Waals surface area contributed by atoms with Crippen LogP contribution in [0.3, 0.4) is 0 Å². The van der Waals surface area contributed by atoms with E-state index in [1.165, 1.54) is 6.92 Å². The van der Waals surface area contributed by atoms with Gasteiger partial charge in [0, 0.05) is 24.1 Å². The van der Waals surface area contributed by atoms with E-state index in [0.717, 1.165) is 28.0 Å². The number of carbonyl (C=O) groups excluding carboxylic acids is 2. The van der Waals surface area contributed by atoms with Gasteiger partial charge in [0.1, 0.15) is 11.9 Å². The van der Waals surface area contributed by atoms with Crippen LogP contribution in [0.4, 0.5) is 11.4 Å². The summed E-state index contributed by atoms with van der Waals surface area (Å²) in [4.78, 5) is 47.9. The van der Waals surface area contributed by atoms with Crippen molar-refractivity contribution in [3.63, 3.8) is 0 Å². The molecule has 0 aliphatic heterocycles. The minimum absolute atomic E-state index is 0.209. The number of hydrogen-bond donors (Lipinski definition) is 4. The highest BCUT2D eigenvalue weighted by molar-refractivity contribution is 7.98. The summed E-state index contributed by atoms with van der Waals surface area (Å²) in [6.45, 7) is 5.59. The molecule has 0 saturated carbocycles. The van der Waals surface area contributed by atoms with E-state index in [1.54, 1.807) is 45.2 Å². The van der Waals surface area contributed by atoms with E-state index in [4.69, 9.17) is 14.2 Å². The minimum Gasteiger partial charge on any atom is -0.493 e. The van der Waals surface area contributed by atoms with Crippen molar-refractivity contribution in [3.05, 3.63) is 69.6 Å². The van der Waals surface area contributed by atoms with Crippen LogP contribution < -0.4 is 35.6 Å². The summed E-state index contributed by atoms with van der Waals surface area (Å²) >= 11 is 1.62. The largest absolute Gasteiger partial charge is 0.493 e. The van der Waals surface area contributed by atoms with E-state index in [2.05, 4.69) is 39.8 Å². The molecule has 0 unspecified atom stereocenters. The van der Waals surface area contributed by atoms with Crippen LogP contribution in [-0.2, 0) is 16.0 Å². The molecular weight excluding hydrogens is 630 g/mol. The molecule has 1 aromatic heterocycles. The number of fused-ring (bicyclic) bond motifs is 4. The monoisotopic (exact) mass is 673 g/mol. The van der Waals surface area contributed by atoms with Crippen LogP contribution in [0, 0.1) is 0 Å². The fourth-order valence-corrected chi connectivity index (χ4v) is 6.60. The van der Waals surface area contributed by atoms with Crippen LogP contribution in [0.5, 0.6) is 17.2 Å². The quantitative estimate of drug-likeness (QED) is 0.142. The Morgan fingerprint density at radius 2 is 1.81 bits per heavy atom. The lowest BCUT2D eigenvalue weighted by Crippen LogP contribution is -2.36. The average Bonchev–Trinajstić information content (AvgIpc) is 3.36. The maximum atomic E-state index is 13.9. The summed E-state index contributed by atoms with van der Waals surface area (Å²) in [5.74, 6) is 2.77. The molecule has 254 valence electrons. The van der Waals surface area contributed by atoms with Gasteiger partial charge in [0.05, 0.1) is 44.1 Å². The molecule has 0 spiro atoms. The predicted octanol–water partition coefficient (Wildman–Crippen LogP) is 6.04. The number of aromatic nitrogens is 2. The number of thioether (sulfide) groups is 1. The first kappa shape index (κ1) is 34.6. The number of carbonyl (C=O) groups is 2. The topological polar surface area (TPSA) is 144 Å². The number of rotatable bonds is 12. The number of imidazole rings is 1. The van der Waals surface area contributed by atoms with E-state index in [9.17, 15) is 14.4 Å². The molecule has 1 aliphatic rings. The maximum Gasteiger partial charge on any atom is 0.246 e. The van der Waals surface area contributed by atoms with Crippen LogP contribution >= 0.6 is 11.8 Å². The van der Waals surface area contributed by atoms with Gasteiger partial charge in [-0.1, -0.05) is 19.9 Å². The molecule has 4 aromatic rings. The Balaban J connectivity index is 1.55. The van der Waals surface area contributed by atoms with Crippen molar-refractivity contribution in [1.82, 2.24) is 15.3 Å². The SMILES string of the molecule is COc1cc2c(c(OC)c1OC)-c1ccc(N[C@H](CCSC)C(=O)Nc3ccc4nc(C(C)C)[nH]c4c3)c(=O)cc1[C@@H](NC(C)=O)CC2. The smallest absolute Gasteiger partial charge is 0.246 e. The number of ether oxygens (including phenoxy) is 3. The summed E-state index contributed by atoms with van der Waals surface area (Å²) in [6, 6.07) is 11.4. The van der Waals surface area contributed by atoms with E-state index in [-0.39, 0.29) is 28.8 Å². The van der Waals surface area contributed by atoms with Crippen molar-refractivity contribution in [3.8, 4) is 28.4 Å². The number of anilines is 2. The molecule has 5 rings (SSSR count). The molecule has 0 fully saturated rings. The van der Waals surface area contributed by atoms with Crippen molar-refractivity contribution in [1.29, 1.82) is 0 Å². The molecule has 12 heteroatoms. The molecule has 0 bridgehead atoms. The van der Waals surface area contributed by atoms with Gasteiger partial charge in [-0.05, 0) is 84.4 Å². The van der Waals surface area contributed by atoms with Gasteiger partial charge in [0.15, 0.2) is 11.5 Å². The lowest BCUT2D eigenvalue weighted by atomic mass is 9.95. The van der Waals surface area contributed by atoms with Crippen molar-refractivity contribution < 1.29 is 23.8 Å². The molecule has 2 amide bonds. The van der Waals surface area contributed by atoms with Gasteiger partial charge in [-0.3, -0.25) is 14.4 Å². The third-order valence-electron chi connectivity index (χ3n) is 8.49. The minimum atomic E-state index is -0.701. The molecule has 4 N–H and O–H groups in total. The summed E-state index contributed by atoms with van der Waals surface area (Å²) in [5, 5.41) is 9.29. The Kier molecular flexibility index (Phi) is 10.8. The highest BCUT2D eigenvalue weighted by atomic mass is 32.2. The van der Waals surface area contributed by atoms with Crippen LogP contribution in [0.15, 0.2) is 47.3 Å². The summed E-state index contributed by atoms with van der Waals surface area (Å²) in [7, 11) is 4.67. The second-order valence-corrected chi connectivity index (χ2v) is 13.1. The number of hydrogen-bond acceptors (Lipinski definition) is 9. The number of amides is 2. The zero-order valence-corrected chi connectivity index (χ0v) is 29.2. The van der Waals surface area contributed by atoms with Gasteiger partial charge in [0.25, 0.3) is 0 Å². The standard InChI is InChI=1S/C36H43N5O6S/c1-19(2)35-40-26-12-9-22(17-29(26)41-35)38-36(44)28(14-15-48-7)39-27-13-10-23-24(18-30(27)43)25(37-20(3)42)11-8-21-16-31(45-4)33(46-5)34(47-6)32(21)23/h9-10,12-13,16-19,25,28H,8,11,14-15H2,1-7H3,(H,37,42)(H,38,44)(H,39,43)(H,40,41)/t25-,28+/m0/s1. The average molecular weight is 674 g/mol. The van der Waals surface area contributed by atoms with Crippen LogP contribution in [-0.4, -0.2) is 61.2 Å². The van der Waals surface area contributed by atoms with Gasteiger partial charge in [-0.2, -0.15) is 11.8 Å². The third-order valence-corrected chi connectivity index (χ3v) is 9.13. The molecular formula is C36H43N5O6S. The van der Waals surface area contributed by atoms with Crippen molar-refractivity contribution in [2.24, 2.45) is 0 Å². The van der Waals surface area contributed by atoms with Gasteiger partial charge in [-0.15, -0.1) is 0 Å².